The van der Waals surface area contributed by atoms with Gasteiger partial charge in [-0.05, 0) is 68.0 Å². The van der Waals surface area contributed by atoms with Crippen LogP contribution in [0.4, 0.5) is 17.1 Å². The summed E-state index contributed by atoms with van der Waals surface area (Å²) in [5.74, 6) is 0.343. The number of nitrogens with zero attached hydrogens (tertiary/aromatic N) is 1. The van der Waals surface area contributed by atoms with Crippen molar-refractivity contribution >= 4 is 23.0 Å². The van der Waals surface area contributed by atoms with Gasteiger partial charge in [0.05, 0.1) is 0 Å². The fourth-order valence-corrected chi connectivity index (χ4v) is 3.59. The van der Waals surface area contributed by atoms with Crippen molar-refractivity contribution < 1.29 is 4.79 Å². The van der Waals surface area contributed by atoms with Crippen molar-refractivity contribution in [3.05, 3.63) is 54.1 Å². The number of carbonyl (C=O) groups is 1. The highest BCUT2D eigenvalue weighted by molar-refractivity contribution is 5.97. The molecule has 1 atom stereocenters. The van der Waals surface area contributed by atoms with Gasteiger partial charge in [-0.1, -0.05) is 32.0 Å². The van der Waals surface area contributed by atoms with Crippen molar-refractivity contribution in [1.29, 1.82) is 0 Å². The lowest BCUT2D eigenvalue weighted by Gasteiger charge is -2.29. The molecule has 1 aliphatic rings. The summed E-state index contributed by atoms with van der Waals surface area (Å²) in [6.07, 6.45) is 3.88. The van der Waals surface area contributed by atoms with Crippen LogP contribution in [0, 0.1) is 0 Å². The molecule has 1 heterocycles. The van der Waals surface area contributed by atoms with Crippen LogP contribution < -0.4 is 15.5 Å². The molecule has 1 amide bonds. The fraction of sp³-hybridized carbons (Fsp3) is 0.435. The zero-order chi connectivity index (χ0) is 19.2. The van der Waals surface area contributed by atoms with E-state index in [0.29, 0.717) is 5.92 Å². The van der Waals surface area contributed by atoms with E-state index in [9.17, 15) is 4.79 Å². The average Bonchev–Trinajstić information content (AvgIpc) is 2.69. The Hall–Kier alpha value is -2.49. The molecule has 0 spiro atoms. The lowest BCUT2D eigenvalue weighted by Crippen LogP contribution is -2.32. The number of amides is 1. The standard InChI is InChI=1S/C23H31N3O/c1-17(2)21-9-5-6-10-22(21)25-23(27)18(3)24-19-11-13-20(14-12-19)26-15-7-4-8-16-26/h5-6,9-14,17-18,24H,4,7-8,15-16H2,1-3H3,(H,25,27)/t18-/m1/s1. The van der Waals surface area contributed by atoms with Crippen LogP contribution in [0.15, 0.2) is 48.5 Å². The Morgan fingerprint density at radius 1 is 0.926 bits per heavy atom. The zero-order valence-electron chi connectivity index (χ0n) is 16.7. The molecule has 2 aromatic rings. The first kappa shape index (κ1) is 19.3. The summed E-state index contributed by atoms with van der Waals surface area (Å²) in [7, 11) is 0. The van der Waals surface area contributed by atoms with Crippen LogP contribution in [0.25, 0.3) is 0 Å². The van der Waals surface area contributed by atoms with Crippen molar-refractivity contribution in [3.63, 3.8) is 0 Å². The number of nitrogens with one attached hydrogen (secondary N) is 2. The summed E-state index contributed by atoms with van der Waals surface area (Å²) in [5.41, 5.74) is 4.29. The highest BCUT2D eigenvalue weighted by Gasteiger charge is 2.16. The monoisotopic (exact) mass is 365 g/mol. The minimum Gasteiger partial charge on any atom is -0.374 e. The third kappa shape index (κ3) is 5.03. The number of hydrogen-bond donors (Lipinski definition) is 2. The van der Waals surface area contributed by atoms with E-state index in [4.69, 9.17) is 0 Å². The van der Waals surface area contributed by atoms with E-state index >= 15 is 0 Å². The molecular formula is C23H31N3O. The SMILES string of the molecule is CC(C)c1ccccc1NC(=O)[C@@H](C)Nc1ccc(N2CCCCC2)cc1. The molecule has 144 valence electrons. The van der Waals surface area contributed by atoms with Crippen molar-refractivity contribution in [2.75, 3.05) is 28.6 Å². The third-order valence-electron chi connectivity index (χ3n) is 5.21. The van der Waals surface area contributed by atoms with Crippen LogP contribution >= 0.6 is 0 Å². The number of para-hydroxylation sites is 1. The van der Waals surface area contributed by atoms with E-state index in [0.717, 1.165) is 30.0 Å². The molecule has 0 saturated carbocycles. The van der Waals surface area contributed by atoms with E-state index in [-0.39, 0.29) is 11.9 Å². The van der Waals surface area contributed by atoms with E-state index in [1.165, 1.54) is 24.9 Å². The number of piperidine rings is 1. The van der Waals surface area contributed by atoms with Gasteiger partial charge in [-0.3, -0.25) is 4.79 Å². The summed E-state index contributed by atoms with van der Waals surface area (Å²) in [6, 6.07) is 16.1. The van der Waals surface area contributed by atoms with Gasteiger partial charge in [0.1, 0.15) is 6.04 Å². The van der Waals surface area contributed by atoms with E-state index in [1.54, 1.807) is 0 Å². The van der Waals surface area contributed by atoms with E-state index in [1.807, 2.05) is 25.1 Å². The Balaban J connectivity index is 1.59. The van der Waals surface area contributed by atoms with Gasteiger partial charge in [-0.25, -0.2) is 0 Å². The van der Waals surface area contributed by atoms with Gasteiger partial charge in [0, 0.05) is 30.2 Å². The minimum absolute atomic E-state index is 0.0248. The summed E-state index contributed by atoms with van der Waals surface area (Å²) < 4.78 is 0. The molecule has 0 radical (unpaired) electrons. The topological polar surface area (TPSA) is 44.4 Å². The molecule has 4 nitrogen and oxygen atoms in total. The quantitative estimate of drug-likeness (QED) is 0.736. The van der Waals surface area contributed by atoms with Gasteiger partial charge in [-0.15, -0.1) is 0 Å². The highest BCUT2D eigenvalue weighted by Crippen LogP contribution is 2.25. The Labute approximate surface area is 163 Å². The number of anilines is 3. The lowest BCUT2D eigenvalue weighted by atomic mass is 10.0. The predicted molar refractivity (Wildman–Crippen MR) is 115 cm³/mol. The maximum Gasteiger partial charge on any atom is 0.246 e. The second-order valence-corrected chi connectivity index (χ2v) is 7.69. The van der Waals surface area contributed by atoms with Crippen LogP contribution in [-0.2, 0) is 4.79 Å². The molecule has 3 rings (SSSR count). The van der Waals surface area contributed by atoms with E-state index < -0.39 is 0 Å². The van der Waals surface area contributed by atoms with Gasteiger partial charge in [0.2, 0.25) is 5.91 Å². The first-order chi connectivity index (χ1) is 13.0. The van der Waals surface area contributed by atoms with Gasteiger partial charge in [0.25, 0.3) is 0 Å². The summed E-state index contributed by atoms with van der Waals surface area (Å²) in [6.45, 7) is 8.45. The zero-order valence-corrected chi connectivity index (χ0v) is 16.7. The van der Waals surface area contributed by atoms with Crippen LogP contribution in [0.3, 0.4) is 0 Å². The molecule has 2 N–H and O–H groups in total. The van der Waals surface area contributed by atoms with Gasteiger partial charge in [0.15, 0.2) is 0 Å². The molecule has 0 bridgehead atoms. The van der Waals surface area contributed by atoms with Crippen LogP contribution in [0.1, 0.15) is 51.5 Å². The lowest BCUT2D eigenvalue weighted by molar-refractivity contribution is -0.116. The highest BCUT2D eigenvalue weighted by atomic mass is 16.2. The normalized spacial score (nSPS) is 15.5. The summed E-state index contributed by atoms with van der Waals surface area (Å²) >= 11 is 0. The van der Waals surface area contributed by atoms with Crippen LogP contribution in [-0.4, -0.2) is 25.0 Å². The largest absolute Gasteiger partial charge is 0.374 e. The van der Waals surface area contributed by atoms with Crippen LogP contribution in [0.5, 0.6) is 0 Å². The Kier molecular flexibility index (Phi) is 6.38. The molecular weight excluding hydrogens is 334 g/mol. The molecule has 1 saturated heterocycles. The molecule has 2 aromatic carbocycles. The Morgan fingerprint density at radius 3 is 2.26 bits per heavy atom. The molecule has 0 unspecified atom stereocenters. The van der Waals surface area contributed by atoms with Gasteiger partial charge >= 0.3 is 0 Å². The smallest absolute Gasteiger partial charge is 0.246 e. The number of rotatable bonds is 6. The van der Waals surface area contributed by atoms with Gasteiger partial charge < -0.3 is 15.5 Å². The van der Waals surface area contributed by atoms with Crippen LogP contribution in [0.2, 0.25) is 0 Å². The number of hydrogen-bond acceptors (Lipinski definition) is 3. The molecule has 1 fully saturated rings. The molecule has 0 aromatic heterocycles. The number of carbonyl (C=O) groups excluding carboxylic acids is 1. The third-order valence-corrected chi connectivity index (χ3v) is 5.21. The Bertz CT molecular complexity index is 748. The van der Waals surface area contributed by atoms with Crippen molar-refractivity contribution in [1.82, 2.24) is 0 Å². The van der Waals surface area contributed by atoms with Crippen molar-refractivity contribution in [3.8, 4) is 0 Å². The molecule has 27 heavy (non-hydrogen) atoms. The second kappa shape index (κ2) is 8.94. The molecule has 4 heteroatoms. The molecule has 1 aliphatic heterocycles. The predicted octanol–water partition coefficient (Wildman–Crippen LogP) is 5.24. The maximum atomic E-state index is 12.6. The average molecular weight is 366 g/mol. The maximum absolute atomic E-state index is 12.6. The summed E-state index contributed by atoms with van der Waals surface area (Å²) in [5, 5.41) is 6.38. The minimum atomic E-state index is -0.314. The summed E-state index contributed by atoms with van der Waals surface area (Å²) in [4.78, 5) is 15.1. The Morgan fingerprint density at radius 2 is 1.59 bits per heavy atom. The first-order valence-electron chi connectivity index (χ1n) is 10.1. The fourth-order valence-electron chi connectivity index (χ4n) is 3.59. The second-order valence-electron chi connectivity index (χ2n) is 7.69. The number of benzene rings is 2. The van der Waals surface area contributed by atoms with Gasteiger partial charge in [-0.2, -0.15) is 0 Å². The van der Waals surface area contributed by atoms with Crippen molar-refractivity contribution in [2.45, 2.75) is 52.0 Å². The van der Waals surface area contributed by atoms with Crippen molar-refractivity contribution in [2.24, 2.45) is 0 Å². The molecule has 0 aliphatic carbocycles. The van der Waals surface area contributed by atoms with E-state index in [2.05, 4.69) is 59.7 Å². The first-order valence-corrected chi connectivity index (χ1v) is 10.1.